The molecule has 6 heteroatoms. The predicted octanol–water partition coefficient (Wildman–Crippen LogP) is 1.26. The van der Waals surface area contributed by atoms with Crippen LogP contribution in [0, 0.1) is 0 Å². The SMILES string of the molecule is COC(=O)c1ncn(-c2ccc(C(C)=O)cc2)n1. The topological polar surface area (TPSA) is 74.1 Å². The van der Waals surface area contributed by atoms with E-state index in [9.17, 15) is 9.59 Å². The van der Waals surface area contributed by atoms with Crippen LogP contribution in [0.15, 0.2) is 30.6 Å². The summed E-state index contributed by atoms with van der Waals surface area (Å²) in [5.74, 6) is -0.599. The number of nitrogens with zero attached hydrogens (tertiary/aromatic N) is 3. The van der Waals surface area contributed by atoms with Crippen LogP contribution < -0.4 is 0 Å². The molecule has 0 unspecified atom stereocenters. The molecule has 2 aromatic rings. The van der Waals surface area contributed by atoms with Crippen LogP contribution >= 0.6 is 0 Å². The van der Waals surface area contributed by atoms with Gasteiger partial charge in [-0.3, -0.25) is 4.79 Å². The van der Waals surface area contributed by atoms with Crippen molar-refractivity contribution in [3.05, 3.63) is 42.0 Å². The molecule has 2 rings (SSSR count). The van der Waals surface area contributed by atoms with Gasteiger partial charge in [0.25, 0.3) is 5.82 Å². The zero-order valence-corrected chi connectivity index (χ0v) is 9.95. The van der Waals surface area contributed by atoms with Gasteiger partial charge in [-0.05, 0) is 31.2 Å². The van der Waals surface area contributed by atoms with E-state index in [1.54, 1.807) is 24.3 Å². The normalized spacial score (nSPS) is 10.1. The van der Waals surface area contributed by atoms with Crippen LogP contribution in [-0.2, 0) is 4.74 Å². The number of hydrogen-bond donors (Lipinski definition) is 0. The van der Waals surface area contributed by atoms with Crippen molar-refractivity contribution >= 4 is 11.8 Å². The highest BCUT2D eigenvalue weighted by molar-refractivity contribution is 5.94. The van der Waals surface area contributed by atoms with Crippen LogP contribution in [0.5, 0.6) is 0 Å². The minimum absolute atomic E-state index is 0.00427. The van der Waals surface area contributed by atoms with Crippen molar-refractivity contribution in [1.82, 2.24) is 14.8 Å². The third-order valence-electron chi connectivity index (χ3n) is 2.40. The molecule has 0 radical (unpaired) electrons. The van der Waals surface area contributed by atoms with Gasteiger partial charge in [0.15, 0.2) is 5.78 Å². The van der Waals surface area contributed by atoms with Gasteiger partial charge in [0, 0.05) is 5.56 Å². The molecule has 0 aliphatic carbocycles. The Kier molecular flexibility index (Phi) is 3.18. The third-order valence-corrected chi connectivity index (χ3v) is 2.40. The Balaban J connectivity index is 2.29. The molecule has 6 nitrogen and oxygen atoms in total. The lowest BCUT2D eigenvalue weighted by Gasteiger charge is -2.00. The first kappa shape index (κ1) is 12.0. The number of ether oxygens (including phenoxy) is 1. The smallest absolute Gasteiger partial charge is 0.377 e. The summed E-state index contributed by atoms with van der Waals surface area (Å²) in [6, 6.07) is 6.84. The predicted molar refractivity (Wildman–Crippen MR) is 62.7 cm³/mol. The van der Waals surface area contributed by atoms with Crippen LogP contribution in [0.4, 0.5) is 0 Å². The molecule has 0 bridgehead atoms. The molecule has 0 aliphatic rings. The van der Waals surface area contributed by atoms with E-state index in [2.05, 4.69) is 14.8 Å². The first-order valence-corrected chi connectivity index (χ1v) is 5.23. The maximum absolute atomic E-state index is 11.2. The maximum Gasteiger partial charge on any atom is 0.377 e. The van der Waals surface area contributed by atoms with E-state index in [-0.39, 0.29) is 11.6 Å². The molecule has 0 amide bonds. The molecule has 1 heterocycles. The zero-order chi connectivity index (χ0) is 13.1. The molecule has 92 valence electrons. The van der Waals surface area contributed by atoms with Crippen molar-refractivity contribution in [1.29, 1.82) is 0 Å². The van der Waals surface area contributed by atoms with Crippen LogP contribution in [0.1, 0.15) is 27.9 Å². The fourth-order valence-corrected chi connectivity index (χ4v) is 1.42. The van der Waals surface area contributed by atoms with Crippen molar-refractivity contribution in [2.45, 2.75) is 6.92 Å². The lowest BCUT2D eigenvalue weighted by Crippen LogP contribution is -2.05. The van der Waals surface area contributed by atoms with Crippen molar-refractivity contribution in [3.63, 3.8) is 0 Å². The van der Waals surface area contributed by atoms with Crippen LogP contribution in [0.2, 0.25) is 0 Å². The Labute approximate surface area is 103 Å². The Bertz CT molecular complexity index is 587. The molecule has 1 aromatic carbocycles. The molecule has 0 saturated carbocycles. The van der Waals surface area contributed by atoms with E-state index in [4.69, 9.17) is 0 Å². The minimum atomic E-state index is -0.589. The number of ketones is 1. The Morgan fingerprint density at radius 1 is 1.22 bits per heavy atom. The maximum atomic E-state index is 11.2. The molecule has 0 spiro atoms. The summed E-state index contributed by atoms with van der Waals surface area (Å²) in [6.07, 6.45) is 1.41. The van der Waals surface area contributed by atoms with E-state index in [0.717, 1.165) is 0 Å². The number of rotatable bonds is 3. The second-order valence-electron chi connectivity index (χ2n) is 3.61. The summed E-state index contributed by atoms with van der Waals surface area (Å²) in [7, 11) is 1.27. The third kappa shape index (κ3) is 2.27. The lowest BCUT2D eigenvalue weighted by molar-refractivity contribution is 0.0587. The number of carbonyl (C=O) groups is 2. The fraction of sp³-hybridized carbons (Fsp3) is 0.167. The van der Waals surface area contributed by atoms with E-state index in [1.807, 2.05) is 0 Å². The largest absolute Gasteiger partial charge is 0.463 e. The summed E-state index contributed by atoms with van der Waals surface area (Å²) in [5.41, 5.74) is 1.33. The number of aromatic nitrogens is 3. The molecule has 0 saturated heterocycles. The summed E-state index contributed by atoms with van der Waals surface area (Å²) >= 11 is 0. The monoisotopic (exact) mass is 245 g/mol. The molecular weight excluding hydrogens is 234 g/mol. The highest BCUT2D eigenvalue weighted by Crippen LogP contribution is 2.09. The fourth-order valence-electron chi connectivity index (χ4n) is 1.42. The second kappa shape index (κ2) is 4.79. The Hall–Kier alpha value is -2.50. The minimum Gasteiger partial charge on any atom is -0.463 e. The summed E-state index contributed by atoms with van der Waals surface area (Å²) in [5, 5.41) is 3.97. The second-order valence-corrected chi connectivity index (χ2v) is 3.61. The first-order valence-electron chi connectivity index (χ1n) is 5.23. The summed E-state index contributed by atoms with van der Waals surface area (Å²) in [6.45, 7) is 1.50. The quantitative estimate of drug-likeness (QED) is 0.601. The van der Waals surface area contributed by atoms with Crippen LogP contribution in [-0.4, -0.2) is 33.6 Å². The number of Topliss-reactive ketones (excluding diaryl/α,β-unsaturated/α-hetero) is 1. The highest BCUT2D eigenvalue weighted by Gasteiger charge is 2.11. The molecule has 0 N–H and O–H groups in total. The molecular formula is C12H11N3O3. The van der Waals surface area contributed by atoms with Crippen molar-refractivity contribution in [3.8, 4) is 5.69 Å². The van der Waals surface area contributed by atoms with Gasteiger partial charge < -0.3 is 4.74 Å². The molecule has 1 aromatic heterocycles. The first-order chi connectivity index (χ1) is 8.61. The molecule has 0 aliphatic heterocycles. The average molecular weight is 245 g/mol. The standard InChI is InChI=1S/C12H11N3O3/c1-8(16)9-3-5-10(6-4-9)15-7-13-11(14-15)12(17)18-2/h3-7H,1-2H3. The number of methoxy groups -OCH3 is 1. The number of esters is 1. The number of benzene rings is 1. The van der Waals surface area contributed by atoms with E-state index >= 15 is 0 Å². The Morgan fingerprint density at radius 2 is 1.89 bits per heavy atom. The zero-order valence-electron chi connectivity index (χ0n) is 9.95. The van der Waals surface area contributed by atoms with Crippen LogP contribution in [0.25, 0.3) is 5.69 Å². The van der Waals surface area contributed by atoms with Gasteiger partial charge in [-0.25, -0.2) is 14.5 Å². The average Bonchev–Trinajstić information content (AvgIpc) is 2.87. The van der Waals surface area contributed by atoms with Gasteiger partial charge in [-0.2, -0.15) is 0 Å². The molecule has 0 atom stereocenters. The van der Waals surface area contributed by atoms with Crippen molar-refractivity contribution in [2.24, 2.45) is 0 Å². The van der Waals surface area contributed by atoms with Gasteiger partial charge >= 0.3 is 5.97 Å². The van der Waals surface area contributed by atoms with Crippen LogP contribution in [0.3, 0.4) is 0 Å². The Morgan fingerprint density at radius 3 is 2.44 bits per heavy atom. The van der Waals surface area contributed by atoms with E-state index in [0.29, 0.717) is 11.3 Å². The van der Waals surface area contributed by atoms with Crippen molar-refractivity contribution in [2.75, 3.05) is 7.11 Å². The number of carbonyl (C=O) groups excluding carboxylic acids is 2. The van der Waals surface area contributed by atoms with E-state index < -0.39 is 5.97 Å². The van der Waals surface area contributed by atoms with Gasteiger partial charge in [0.2, 0.25) is 0 Å². The van der Waals surface area contributed by atoms with Gasteiger partial charge in [-0.15, -0.1) is 5.10 Å². The van der Waals surface area contributed by atoms with Gasteiger partial charge in [0.1, 0.15) is 6.33 Å². The van der Waals surface area contributed by atoms with Crippen molar-refractivity contribution < 1.29 is 14.3 Å². The highest BCUT2D eigenvalue weighted by atomic mass is 16.5. The van der Waals surface area contributed by atoms with Gasteiger partial charge in [0.05, 0.1) is 12.8 Å². The van der Waals surface area contributed by atoms with E-state index in [1.165, 1.54) is 25.0 Å². The lowest BCUT2D eigenvalue weighted by atomic mass is 10.1. The number of hydrogen-bond acceptors (Lipinski definition) is 5. The summed E-state index contributed by atoms with van der Waals surface area (Å²) < 4.78 is 5.95. The van der Waals surface area contributed by atoms with Gasteiger partial charge in [-0.1, -0.05) is 0 Å². The summed E-state index contributed by atoms with van der Waals surface area (Å²) in [4.78, 5) is 26.2. The molecule has 18 heavy (non-hydrogen) atoms. The molecule has 0 fully saturated rings.